The molecule has 1 aromatic heterocycles. The number of hydrogen-bond donors (Lipinski definition) is 3. The molecule has 1 heterocycles. The quantitative estimate of drug-likeness (QED) is 0.427. The number of nitrogens with one attached hydrogen (secondary N) is 3. The lowest BCUT2D eigenvalue weighted by Gasteiger charge is -2.08. The summed E-state index contributed by atoms with van der Waals surface area (Å²) >= 11 is 1.09. The first kappa shape index (κ1) is 16.9. The number of hydrogen-bond acceptors (Lipinski definition) is 6. The van der Waals surface area contributed by atoms with Crippen LogP contribution in [0.5, 0.6) is 5.75 Å². The molecule has 0 saturated heterocycles. The average Bonchev–Trinajstić information content (AvgIpc) is 2.96. The van der Waals surface area contributed by atoms with Crippen molar-refractivity contribution in [3.05, 3.63) is 34.7 Å². The summed E-state index contributed by atoms with van der Waals surface area (Å²) in [6.07, 6.45) is -3.66. The lowest BCUT2D eigenvalue weighted by Crippen LogP contribution is -2.38. The van der Waals surface area contributed by atoms with Crippen molar-refractivity contribution in [2.45, 2.75) is 6.36 Å². The number of hydrazine groups is 1. The first-order chi connectivity index (χ1) is 10.9. The Balaban J connectivity index is 2.05. The fourth-order valence-electron chi connectivity index (χ4n) is 1.57. The highest BCUT2D eigenvalue weighted by Gasteiger charge is 2.31. The minimum atomic E-state index is -4.74. The van der Waals surface area contributed by atoms with Crippen molar-refractivity contribution >= 4 is 23.5 Å². The Labute approximate surface area is 132 Å². The molecule has 0 saturated carbocycles. The highest BCUT2D eigenvalue weighted by Crippen LogP contribution is 2.27. The summed E-state index contributed by atoms with van der Waals surface area (Å²) in [5.74, 6) is -0.787. The number of carbonyl (C=O) groups excluding carboxylic acids is 1. The Morgan fingerprint density at radius 1 is 1.35 bits per heavy atom. The Kier molecular flexibility index (Phi) is 5.29. The van der Waals surface area contributed by atoms with E-state index in [-0.39, 0.29) is 17.3 Å². The van der Waals surface area contributed by atoms with E-state index in [2.05, 4.69) is 20.6 Å². The second-order valence-corrected chi connectivity index (χ2v) is 5.01. The molecule has 0 aliphatic carbocycles. The number of aromatic nitrogens is 1. The van der Waals surface area contributed by atoms with E-state index in [1.807, 2.05) is 0 Å². The summed E-state index contributed by atoms with van der Waals surface area (Å²) in [6.45, 7) is 0.185. The van der Waals surface area contributed by atoms with Crippen molar-refractivity contribution in [3.8, 4) is 17.0 Å². The van der Waals surface area contributed by atoms with E-state index in [0.29, 0.717) is 11.3 Å². The van der Waals surface area contributed by atoms with Crippen LogP contribution < -0.4 is 15.6 Å². The lowest BCUT2D eigenvalue weighted by molar-refractivity contribution is -0.274. The molecule has 122 valence electrons. The zero-order valence-electron chi connectivity index (χ0n) is 11.5. The van der Waals surface area contributed by atoms with Gasteiger partial charge in [0.15, 0.2) is 5.01 Å². The van der Waals surface area contributed by atoms with Crippen molar-refractivity contribution in [2.75, 3.05) is 6.54 Å². The van der Waals surface area contributed by atoms with E-state index < -0.39 is 12.3 Å². The van der Waals surface area contributed by atoms with Crippen molar-refractivity contribution in [2.24, 2.45) is 0 Å². The summed E-state index contributed by atoms with van der Waals surface area (Å²) < 4.78 is 40.0. The van der Waals surface area contributed by atoms with Gasteiger partial charge in [-0.2, -0.15) is 0 Å². The number of ether oxygens (including phenoxy) is 1. The summed E-state index contributed by atoms with van der Waals surface area (Å²) in [7, 11) is 0. The van der Waals surface area contributed by atoms with Crippen molar-refractivity contribution in [1.29, 1.82) is 5.41 Å². The number of nitrogens with zero attached hydrogens (tertiary/aromatic N) is 1. The van der Waals surface area contributed by atoms with Gasteiger partial charge in [0, 0.05) is 23.7 Å². The van der Waals surface area contributed by atoms with Crippen LogP contribution in [0.3, 0.4) is 0 Å². The third kappa shape index (κ3) is 5.04. The molecule has 0 spiro atoms. The number of benzene rings is 1. The van der Waals surface area contributed by atoms with Gasteiger partial charge in [-0.25, -0.2) is 10.4 Å². The van der Waals surface area contributed by atoms with Crippen molar-refractivity contribution < 1.29 is 22.7 Å². The maximum Gasteiger partial charge on any atom is 0.573 e. The molecule has 3 N–H and O–H groups in total. The van der Waals surface area contributed by atoms with Crippen LogP contribution in [0.2, 0.25) is 0 Å². The van der Waals surface area contributed by atoms with Crippen LogP contribution in [0.4, 0.5) is 13.2 Å². The highest BCUT2D eigenvalue weighted by molar-refractivity contribution is 7.12. The van der Waals surface area contributed by atoms with Crippen molar-refractivity contribution in [3.63, 3.8) is 0 Å². The second-order valence-electron chi connectivity index (χ2n) is 4.15. The Hall–Kier alpha value is -2.46. The van der Waals surface area contributed by atoms with Crippen LogP contribution in [0.1, 0.15) is 9.80 Å². The molecule has 2 rings (SSSR count). The average molecular weight is 344 g/mol. The van der Waals surface area contributed by atoms with E-state index in [9.17, 15) is 18.0 Å². The van der Waals surface area contributed by atoms with Gasteiger partial charge < -0.3 is 10.1 Å². The van der Waals surface area contributed by atoms with Crippen LogP contribution in [-0.2, 0) is 0 Å². The number of rotatable bonds is 6. The number of thiazole rings is 1. The van der Waals surface area contributed by atoms with Crippen LogP contribution in [0.25, 0.3) is 11.3 Å². The van der Waals surface area contributed by atoms with Gasteiger partial charge in [0.2, 0.25) is 0 Å². The van der Waals surface area contributed by atoms with E-state index in [1.54, 1.807) is 5.38 Å². The maximum absolute atomic E-state index is 12.1. The van der Waals surface area contributed by atoms with Crippen LogP contribution in [-0.4, -0.2) is 30.0 Å². The predicted octanol–water partition coefficient (Wildman–Crippen LogP) is 2.59. The molecule has 1 amide bonds. The summed E-state index contributed by atoms with van der Waals surface area (Å²) in [5, 5.41) is 8.61. The number of carbonyl (C=O) groups is 1. The Morgan fingerprint density at radius 3 is 2.65 bits per heavy atom. The van der Waals surface area contributed by atoms with E-state index >= 15 is 0 Å². The SMILES string of the molecule is N=CCNNC(=O)c1nc(-c2ccc(OC(F)(F)F)cc2)cs1. The van der Waals surface area contributed by atoms with Crippen LogP contribution in [0.15, 0.2) is 29.6 Å². The highest BCUT2D eigenvalue weighted by atomic mass is 32.1. The summed E-state index contributed by atoms with van der Waals surface area (Å²) in [5.41, 5.74) is 5.90. The third-order valence-corrected chi connectivity index (χ3v) is 3.33. The molecule has 6 nitrogen and oxygen atoms in total. The molecule has 10 heteroatoms. The molecule has 0 unspecified atom stereocenters. The van der Waals surface area contributed by atoms with Gasteiger partial charge in [-0.1, -0.05) is 0 Å². The number of alkyl halides is 3. The molecular formula is C13H11F3N4O2S. The zero-order chi connectivity index (χ0) is 16.9. The molecule has 0 radical (unpaired) electrons. The first-order valence-electron chi connectivity index (χ1n) is 6.23. The van der Waals surface area contributed by atoms with Gasteiger partial charge in [0.25, 0.3) is 5.91 Å². The van der Waals surface area contributed by atoms with Crippen LogP contribution in [0, 0.1) is 5.41 Å². The molecule has 0 fully saturated rings. The molecule has 0 atom stereocenters. The molecule has 1 aromatic carbocycles. The topological polar surface area (TPSA) is 87.1 Å². The molecule has 0 aliphatic rings. The molecule has 23 heavy (non-hydrogen) atoms. The smallest absolute Gasteiger partial charge is 0.406 e. The monoisotopic (exact) mass is 344 g/mol. The van der Waals surface area contributed by atoms with Gasteiger partial charge in [-0.3, -0.25) is 10.2 Å². The van der Waals surface area contributed by atoms with Gasteiger partial charge in [-0.05, 0) is 24.3 Å². The minimum absolute atomic E-state index is 0.185. The van der Waals surface area contributed by atoms with E-state index in [4.69, 9.17) is 5.41 Å². The summed E-state index contributed by atoms with van der Waals surface area (Å²) in [4.78, 5) is 15.8. The van der Waals surface area contributed by atoms with Gasteiger partial charge >= 0.3 is 6.36 Å². The van der Waals surface area contributed by atoms with Crippen molar-refractivity contribution in [1.82, 2.24) is 15.8 Å². The fraction of sp³-hybridized carbons (Fsp3) is 0.154. The van der Waals surface area contributed by atoms with E-state index in [1.165, 1.54) is 24.3 Å². The summed E-state index contributed by atoms with van der Waals surface area (Å²) in [6, 6.07) is 5.19. The van der Waals surface area contributed by atoms with Gasteiger partial charge in [0.05, 0.1) is 5.69 Å². The standard InChI is InChI=1S/C13H11F3N4O2S/c14-13(15,16)22-9-3-1-8(2-4-9)10-7-23-12(19-10)11(21)20-18-6-5-17/h1-5,7,17-18H,6H2,(H,20,21). The zero-order valence-corrected chi connectivity index (χ0v) is 12.3. The predicted molar refractivity (Wildman–Crippen MR) is 78.5 cm³/mol. The lowest BCUT2D eigenvalue weighted by atomic mass is 10.2. The Morgan fingerprint density at radius 2 is 2.04 bits per heavy atom. The fourth-order valence-corrected chi connectivity index (χ4v) is 2.29. The molecular weight excluding hydrogens is 333 g/mol. The normalized spacial score (nSPS) is 11.1. The van der Waals surface area contributed by atoms with Crippen LogP contribution >= 0.6 is 11.3 Å². The van der Waals surface area contributed by atoms with E-state index in [0.717, 1.165) is 17.6 Å². The first-order valence-corrected chi connectivity index (χ1v) is 7.11. The van der Waals surface area contributed by atoms with Gasteiger partial charge in [-0.15, -0.1) is 24.5 Å². The molecule has 2 aromatic rings. The minimum Gasteiger partial charge on any atom is -0.406 e. The largest absolute Gasteiger partial charge is 0.573 e. The number of amides is 1. The maximum atomic E-state index is 12.1. The third-order valence-electron chi connectivity index (χ3n) is 2.49. The number of halogens is 3. The van der Waals surface area contributed by atoms with Gasteiger partial charge in [0.1, 0.15) is 5.75 Å². The second kappa shape index (κ2) is 7.20. The molecule has 0 bridgehead atoms. The molecule has 0 aliphatic heterocycles. The Bertz CT molecular complexity index is 685.